The van der Waals surface area contributed by atoms with Gasteiger partial charge in [-0.1, -0.05) is 35.9 Å². The maximum absolute atomic E-state index is 14.0. The Bertz CT molecular complexity index is 978. The van der Waals surface area contributed by atoms with E-state index in [2.05, 4.69) is 0 Å². The van der Waals surface area contributed by atoms with Crippen molar-refractivity contribution in [3.63, 3.8) is 0 Å². The molecule has 2 aliphatic rings. The number of nitrogens with zero attached hydrogens (tertiary/aromatic N) is 1. The van der Waals surface area contributed by atoms with E-state index in [1.54, 1.807) is 42.5 Å². The Morgan fingerprint density at radius 2 is 1.69 bits per heavy atom. The lowest BCUT2D eigenvalue weighted by Crippen LogP contribution is -2.49. The standard InChI is InChI=1S/C22H23ClFNO3S/c23-20-7-4-8-21(24)19(20)11-12-22(26)25-15-9-10-16(25)14-18(13-15)29(27,28)17-5-2-1-3-6-17/h1-8,15-16,18H,9-14H2/t15-,16-/m0/s1. The van der Waals surface area contributed by atoms with Gasteiger partial charge in [0, 0.05) is 29.1 Å². The van der Waals surface area contributed by atoms with Crippen LogP contribution >= 0.6 is 11.6 Å². The van der Waals surface area contributed by atoms with Crippen LogP contribution in [-0.2, 0) is 21.1 Å². The molecule has 2 atom stereocenters. The van der Waals surface area contributed by atoms with Crippen LogP contribution in [0.2, 0.25) is 5.02 Å². The van der Waals surface area contributed by atoms with Gasteiger partial charge in [-0.05, 0) is 56.4 Å². The Morgan fingerprint density at radius 3 is 2.31 bits per heavy atom. The van der Waals surface area contributed by atoms with Gasteiger partial charge in [-0.3, -0.25) is 4.79 Å². The molecule has 7 heteroatoms. The SMILES string of the molecule is O=C(CCc1c(F)cccc1Cl)N1[C@H]2CC[C@H]1CC(S(=O)(=O)c1ccccc1)C2. The summed E-state index contributed by atoms with van der Waals surface area (Å²) in [7, 11) is -3.41. The Labute approximate surface area is 175 Å². The van der Waals surface area contributed by atoms with Crippen LogP contribution in [0.15, 0.2) is 53.4 Å². The molecule has 0 unspecified atom stereocenters. The third kappa shape index (κ3) is 3.92. The third-order valence-electron chi connectivity index (χ3n) is 6.14. The van der Waals surface area contributed by atoms with Crippen molar-refractivity contribution in [2.75, 3.05) is 0 Å². The highest BCUT2D eigenvalue weighted by Gasteiger charge is 2.46. The van der Waals surface area contributed by atoms with Crippen molar-refractivity contribution in [3.8, 4) is 0 Å². The van der Waals surface area contributed by atoms with E-state index in [9.17, 15) is 17.6 Å². The smallest absolute Gasteiger partial charge is 0.223 e. The fourth-order valence-corrected chi connectivity index (χ4v) is 6.85. The number of sulfone groups is 1. The first-order valence-electron chi connectivity index (χ1n) is 9.91. The summed E-state index contributed by atoms with van der Waals surface area (Å²) >= 11 is 6.06. The van der Waals surface area contributed by atoms with Gasteiger partial charge in [-0.25, -0.2) is 12.8 Å². The first-order valence-corrected chi connectivity index (χ1v) is 11.8. The zero-order valence-corrected chi connectivity index (χ0v) is 17.5. The van der Waals surface area contributed by atoms with Crippen LogP contribution in [0.4, 0.5) is 4.39 Å². The number of carbonyl (C=O) groups excluding carboxylic acids is 1. The fraction of sp³-hybridized carbons (Fsp3) is 0.409. The maximum Gasteiger partial charge on any atom is 0.223 e. The molecule has 0 aliphatic carbocycles. The summed E-state index contributed by atoms with van der Waals surface area (Å²) in [5, 5.41) is -0.138. The molecule has 0 N–H and O–H groups in total. The molecule has 2 saturated heterocycles. The van der Waals surface area contributed by atoms with Crippen LogP contribution < -0.4 is 0 Å². The van der Waals surface area contributed by atoms with Gasteiger partial charge < -0.3 is 4.90 Å². The summed E-state index contributed by atoms with van der Waals surface area (Å²) in [6.45, 7) is 0. The van der Waals surface area contributed by atoms with Gasteiger partial charge in [0.1, 0.15) is 5.82 Å². The second-order valence-corrected chi connectivity index (χ2v) is 10.5. The van der Waals surface area contributed by atoms with Crippen LogP contribution in [0.3, 0.4) is 0 Å². The van der Waals surface area contributed by atoms with Crippen LogP contribution in [0.5, 0.6) is 0 Å². The van der Waals surface area contributed by atoms with Gasteiger partial charge >= 0.3 is 0 Å². The van der Waals surface area contributed by atoms with Crippen molar-refractivity contribution in [2.45, 2.75) is 60.8 Å². The van der Waals surface area contributed by atoms with Gasteiger partial charge in [-0.15, -0.1) is 0 Å². The summed E-state index contributed by atoms with van der Waals surface area (Å²) in [6, 6.07) is 12.9. The highest BCUT2D eigenvalue weighted by molar-refractivity contribution is 7.92. The average Bonchev–Trinajstić information content (AvgIpc) is 2.97. The van der Waals surface area contributed by atoms with E-state index >= 15 is 0 Å². The molecule has 2 aliphatic heterocycles. The minimum Gasteiger partial charge on any atom is -0.337 e. The van der Waals surface area contributed by atoms with Crippen molar-refractivity contribution in [2.24, 2.45) is 0 Å². The van der Waals surface area contributed by atoms with Crippen molar-refractivity contribution < 1.29 is 17.6 Å². The van der Waals surface area contributed by atoms with E-state index < -0.39 is 20.9 Å². The summed E-state index contributed by atoms with van der Waals surface area (Å²) < 4.78 is 40.0. The summed E-state index contributed by atoms with van der Waals surface area (Å²) in [4.78, 5) is 15.1. The summed E-state index contributed by atoms with van der Waals surface area (Å²) in [5.74, 6) is -0.451. The molecule has 1 amide bonds. The second kappa shape index (κ2) is 8.07. The molecule has 4 rings (SSSR count). The van der Waals surface area contributed by atoms with E-state index in [-0.39, 0.29) is 30.8 Å². The van der Waals surface area contributed by atoms with Gasteiger partial charge in [0.25, 0.3) is 0 Å². The van der Waals surface area contributed by atoms with Crippen LogP contribution in [0, 0.1) is 5.82 Å². The molecule has 4 nitrogen and oxygen atoms in total. The lowest BCUT2D eigenvalue weighted by Gasteiger charge is -2.38. The fourth-order valence-electron chi connectivity index (χ4n) is 4.72. The number of fused-ring (bicyclic) bond motifs is 2. The number of amides is 1. The maximum atomic E-state index is 14.0. The molecule has 0 radical (unpaired) electrons. The van der Waals surface area contributed by atoms with Gasteiger partial charge in [0.05, 0.1) is 10.1 Å². The number of piperidine rings is 1. The molecule has 2 heterocycles. The molecule has 0 saturated carbocycles. The molecule has 2 fully saturated rings. The van der Waals surface area contributed by atoms with E-state index in [4.69, 9.17) is 11.6 Å². The average molecular weight is 436 g/mol. The predicted molar refractivity (Wildman–Crippen MR) is 110 cm³/mol. The van der Waals surface area contributed by atoms with E-state index in [1.807, 2.05) is 4.90 Å². The minimum absolute atomic E-state index is 0.0487. The highest BCUT2D eigenvalue weighted by Crippen LogP contribution is 2.40. The molecule has 2 aromatic carbocycles. The molecular weight excluding hydrogens is 413 g/mol. The monoisotopic (exact) mass is 435 g/mol. The van der Waals surface area contributed by atoms with Crippen molar-refractivity contribution >= 4 is 27.3 Å². The van der Waals surface area contributed by atoms with E-state index in [0.29, 0.717) is 28.3 Å². The van der Waals surface area contributed by atoms with Gasteiger partial charge in [0.15, 0.2) is 9.84 Å². The zero-order valence-electron chi connectivity index (χ0n) is 15.9. The Morgan fingerprint density at radius 1 is 1.03 bits per heavy atom. The summed E-state index contributed by atoms with van der Waals surface area (Å²) in [6.07, 6.45) is 2.96. The first-order chi connectivity index (χ1) is 13.9. The highest BCUT2D eigenvalue weighted by atomic mass is 35.5. The zero-order chi connectivity index (χ0) is 20.6. The number of benzene rings is 2. The Hall–Kier alpha value is -1.92. The molecule has 29 heavy (non-hydrogen) atoms. The second-order valence-electron chi connectivity index (χ2n) is 7.84. The van der Waals surface area contributed by atoms with Crippen molar-refractivity contribution in [1.82, 2.24) is 4.90 Å². The lowest BCUT2D eigenvalue weighted by atomic mass is 10.0. The largest absolute Gasteiger partial charge is 0.337 e. The molecule has 2 aromatic rings. The van der Waals surface area contributed by atoms with Crippen molar-refractivity contribution in [3.05, 3.63) is 64.9 Å². The quantitative estimate of drug-likeness (QED) is 0.699. The molecule has 2 bridgehead atoms. The number of halogens is 2. The van der Waals surface area contributed by atoms with Crippen molar-refractivity contribution in [1.29, 1.82) is 0 Å². The third-order valence-corrected chi connectivity index (χ3v) is 8.68. The first kappa shape index (κ1) is 20.4. The van der Waals surface area contributed by atoms with Gasteiger partial charge in [0.2, 0.25) is 5.91 Å². The number of hydrogen-bond acceptors (Lipinski definition) is 3. The number of rotatable bonds is 5. The van der Waals surface area contributed by atoms with E-state index in [1.165, 1.54) is 6.07 Å². The topological polar surface area (TPSA) is 54.5 Å². The molecule has 0 aromatic heterocycles. The van der Waals surface area contributed by atoms with Crippen LogP contribution in [-0.4, -0.2) is 36.6 Å². The Balaban J connectivity index is 1.45. The molecule has 0 spiro atoms. The van der Waals surface area contributed by atoms with E-state index in [0.717, 1.165) is 12.8 Å². The van der Waals surface area contributed by atoms with Crippen LogP contribution in [0.1, 0.15) is 37.7 Å². The normalized spacial score (nSPS) is 23.9. The van der Waals surface area contributed by atoms with Crippen LogP contribution in [0.25, 0.3) is 0 Å². The Kier molecular flexibility index (Phi) is 5.67. The molecular formula is C22H23ClFNO3S. The predicted octanol–water partition coefficient (Wildman–Crippen LogP) is 4.41. The van der Waals surface area contributed by atoms with Gasteiger partial charge in [-0.2, -0.15) is 0 Å². The lowest BCUT2D eigenvalue weighted by molar-refractivity contribution is -0.135. The molecule has 154 valence electrons. The number of carbonyl (C=O) groups is 1. The summed E-state index contributed by atoms with van der Waals surface area (Å²) in [5.41, 5.74) is 0.358. The number of hydrogen-bond donors (Lipinski definition) is 0. The minimum atomic E-state index is -3.41.